The van der Waals surface area contributed by atoms with Crippen LogP contribution in [-0.2, 0) is 11.3 Å². The second-order valence-electron chi connectivity index (χ2n) is 6.19. The first-order chi connectivity index (χ1) is 12.0. The quantitative estimate of drug-likeness (QED) is 0.655. The largest absolute Gasteiger partial charge is 0.452 e. The molecule has 0 saturated carbocycles. The minimum atomic E-state index is -0.389. The Hall–Kier alpha value is -2.89. The Bertz CT molecular complexity index is 879. The monoisotopic (exact) mass is 339 g/mol. The van der Waals surface area contributed by atoms with Crippen LogP contribution in [0.5, 0.6) is 0 Å². The van der Waals surface area contributed by atoms with E-state index in [4.69, 9.17) is 9.15 Å². The predicted octanol–water partition coefficient (Wildman–Crippen LogP) is 4.09. The Kier molecular flexibility index (Phi) is 4.70. The average molecular weight is 339 g/mol. The van der Waals surface area contributed by atoms with E-state index < -0.39 is 0 Å². The highest BCUT2D eigenvalue weighted by Crippen LogP contribution is 2.22. The molecule has 0 radical (unpaired) electrons. The maximum Gasteiger partial charge on any atom is 0.340 e. The van der Waals surface area contributed by atoms with Crippen molar-refractivity contribution in [3.05, 3.63) is 59.2 Å². The predicted molar refractivity (Wildman–Crippen MR) is 93.1 cm³/mol. The van der Waals surface area contributed by atoms with Gasteiger partial charge in [-0.2, -0.15) is 0 Å². The lowest BCUT2D eigenvalue weighted by atomic mass is 10.2. The molecular weight excluding hydrogens is 318 g/mol. The van der Waals surface area contributed by atoms with Crippen molar-refractivity contribution in [3.8, 4) is 11.5 Å². The molecule has 0 aliphatic rings. The van der Waals surface area contributed by atoms with Crippen LogP contribution in [-0.4, -0.2) is 20.7 Å². The van der Waals surface area contributed by atoms with Gasteiger partial charge in [0.15, 0.2) is 6.61 Å². The number of nitrogens with zero attached hydrogens (tertiary/aromatic N) is 3. The van der Waals surface area contributed by atoms with Gasteiger partial charge in [0, 0.05) is 23.0 Å². The first kappa shape index (κ1) is 17.0. The van der Waals surface area contributed by atoms with Gasteiger partial charge in [0.2, 0.25) is 5.89 Å². The zero-order valence-corrected chi connectivity index (χ0v) is 14.8. The number of esters is 1. The molecule has 3 aromatic rings. The summed E-state index contributed by atoms with van der Waals surface area (Å²) in [6, 6.07) is 11.6. The van der Waals surface area contributed by atoms with E-state index in [1.54, 1.807) is 0 Å². The van der Waals surface area contributed by atoms with Gasteiger partial charge in [0.1, 0.15) is 0 Å². The first-order valence-corrected chi connectivity index (χ1v) is 8.20. The van der Waals surface area contributed by atoms with Gasteiger partial charge in [-0.1, -0.05) is 18.2 Å². The molecule has 0 aliphatic carbocycles. The second kappa shape index (κ2) is 6.93. The molecule has 0 saturated heterocycles. The minimum Gasteiger partial charge on any atom is -0.452 e. The van der Waals surface area contributed by atoms with E-state index in [0.717, 1.165) is 17.0 Å². The lowest BCUT2D eigenvalue weighted by Gasteiger charge is -2.13. The molecule has 0 unspecified atom stereocenters. The fourth-order valence-electron chi connectivity index (χ4n) is 2.99. The molecule has 6 heteroatoms. The number of aryl methyl sites for hydroxylation is 1. The SMILES string of the molecule is Cc1cc(C(=O)OCc2nnc(-c3ccccc3)o2)c(C)n1C(C)C. The summed E-state index contributed by atoms with van der Waals surface area (Å²) < 4.78 is 13.0. The van der Waals surface area contributed by atoms with E-state index in [0.29, 0.717) is 11.5 Å². The average Bonchev–Trinajstić information content (AvgIpc) is 3.18. The minimum absolute atomic E-state index is 0.0516. The maximum atomic E-state index is 12.4. The second-order valence-corrected chi connectivity index (χ2v) is 6.19. The van der Waals surface area contributed by atoms with Gasteiger partial charge in [-0.05, 0) is 45.9 Å². The van der Waals surface area contributed by atoms with E-state index in [1.165, 1.54) is 0 Å². The fourth-order valence-corrected chi connectivity index (χ4v) is 2.99. The maximum absolute atomic E-state index is 12.4. The van der Waals surface area contributed by atoms with Crippen LogP contribution >= 0.6 is 0 Å². The molecule has 6 nitrogen and oxygen atoms in total. The summed E-state index contributed by atoms with van der Waals surface area (Å²) in [4.78, 5) is 12.4. The Morgan fingerprint density at radius 1 is 1.20 bits per heavy atom. The number of ether oxygens (including phenoxy) is 1. The number of carbonyl (C=O) groups excluding carboxylic acids is 1. The number of rotatable bonds is 5. The molecule has 0 N–H and O–H groups in total. The van der Waals surface area contributed by atoms with Crippen molar-refractivity contribution < 1.29 is 13.9 Å². The van der Waals surface area contributed by atoms with Crippen molar-refractivity contribution in [2.24, 2.45) is 0 Å². The molecule has 2 heterocycles. The molecule has 0 fully saturated rings. The summed E-state index contributed by atoms with van der Waals surface area (Å²) in [6.07, 6.45) is 0. The Labute approximate surface area is 146 Å². The van der Waals surface area contributed by atoms with Gasteiger partial charge >= 0.3 is 5.97 Å². The van der Waals surface area contributed by atoms with Crippen molar-refractivity contribution in [1.29, 1.82) is 0 Å². The van der Waals surface area contributed by atoms with Crippen molar-refractivity contribution >= 4 is 5.97 Å². The summed E-state index contributed by atoms with van der Waals surface area (Å²) in [5.74, 6) is 0.286. The Morgan fingerprint density at radius 3 is 2.56 bits per heavy atom. The van der Waals surface area contributed by atoms with Crippen LogP contribution in [0.4, 0.5) is 0 Å². The molecule has 0 spiro atoms. The lowest BCUT2D eigenvalue weighted by molar-refractivity contribution is 0.0437. The van der Waals surface area contributed by atoms with E-state index in [9.17, 15) is 4.79 Å². The van der Waals surface area contributed by atoms with Gasteiger partial charge < -0.3 is 13.7 Å². The Balaban J connectivity index is 1.69. The zero-order valence-electron chi connectivity index (χ0n) is 14.8. The van der Waals surface area contributed by atoms with Crippen LogP contribution < -0.4 is 0 Å². The van der Waals surface area contributed by atoms with Crippen molar-refractivity contribution in [1.82, 2.24) is 14.8 Å². The number of carbonyl (C=O) groups is 1. The van der Waals surface area contributed by atoms with Gasteiger partial charge in [0.05, 0.1) is 5.56 Å². The van der Waals surface area contributed by atoms with Crippen LogP contribution in [0, 0.1) is 13.8 Å². The molecule has 0 aliphatic heterocycles. The number of hydrogen-bond acceptors (Lipinski definition) is 5. The summed E-state index contributed by atoms with van der Waals surface area (Å²) in [5, 5.41) is 7.92. The van der Waals surface area contributed by atoms with Crippen LogP contribution in [0.15, 0.2) is 40.8 Å². The highest BCUT2D eigenvalue weighted by Gasteiger charge is 2.19. The third kappa shape index (κ3) is 3.47. The third-order valence-corrected chi connectivity index (χ3v) is 4.03. The number of hydrogen-bond donors (Lipinski definition) is 0. The molecule has 0 bridgehead atoms. The first-order valence-electron chi connectivity index (χ1n) is 8.20. The van der Waals surface area contributed by atoms with E-state index in [1.807, 2.05) is 50.2 Å². The van der Waals surface area contributed by atoms with Crippen molar-refractivity contribution in [2.75, 3.05) is 0 Å². The molecule has 0 atom stereocenters. The standard InChI is InChI=1S/C19H21N3O3/c1-12(2)22-13(3)10-16(14(22)4)19(23)24-11-17-20-21-18(25-17)15-8-6-5-7-9-15/h5-10,12H,11H2,1-4H3. The smallest absolute Gasteiger partial charge is 0.340 e. The normalized spacial score (nSPS) is 11.1. The van der Waals surface area contributed by atoms with E-state index in [-0.39, 0.29) is 24.5 Å². The molecule has 2 aromatic heterocycles. The van der Waals surface area contributed by atoms with Gasteiger partial charge in [-0.25, -0.2) is 4.79 Å². The molecule has 3 rings (SSSR count). The molecule has 130 valence electrons. The highest BCUT2D eigenvalue weighted by molar-refractivity contribution is 5.91. The molecule has 25 heavy (non-hydrogen) atoms. The Morgan fingerprint density at radius 2 is 1.92 bits per heavy atom. The lowest BCUT2D eigenvalue weighted by Crippen LogP contribution is -2.09. The van der Waals surface area contributed by atoms with Crippen molar-refractivity contribution in [2.45, 2.75) is 40.3 Å². The van der Waals surface area contributed by atoms with Gasteiger partial charge in [-0.3, -0.25) is 0 Å². The summed E-state index contributed by atoms with van der Waals surface area (Å²) in [5.41, 5.74) is 3.32. The molecule has 1 aromatic carbocycles. The summed E-state index contributed by atoms with van der Waals surface area (Å²) in [6.45, 7) is 8.01. The van der Waals surface area contributed by atoms with Crippen molar-refractivity contribution in [3.63, 3.8) is 0 Å². The highest BCUT2D eigenvalue weighted by atomic mass is 16.5. The third-order valence-electron chi connectivity index (χ3n) is 4.03. The van der Waals surface area contributed by atoms with Crippen LogP contribution in [0.3, 0.4) is 0 Å². The zero-order chi connectivity index (χ0) is 18.0. The van der Waals surface area contributed by atoms with E-state index >= 15 is 0 Å². The topological polar surface area (TPSA) is 70.2 Å². The van der Waals surface area contributed by atoms with E-state index in [2.05, 4.69) is 28.6 Å². The fraction of sp³-hybridized carbons (Fsp3) is 0.316. The number of benzene rings is 1. The summed E-state index contributed by atoms with van der Waals surface area (Å²) >= 11 is 0. The number of aromatic nitrogens is 3. The molecule has 0 amide bonds. The van der Waals surface area contributed by atoms with Gasteiger partial charge in [-0.15, -0.1) is 10.2 Å². The summed E-state index contributed by atoms with van der Waals surface area (Å²) in [7, 11) is 0. The van der Waals surface area contributed by atoms with Crippen LogP contribution in [0.1, 0.15) is 47.5 Å². The molecular formula is C19H21N3O3. The van der Waals surface area contributed by atoms with Gasteiger partial charge in [0.25, 0.3) is 5.89 Å². The van der Waals surface area contributed by atoms with Crippen LogP contribution in [0.25, 0.3) is 11.5 Å². The van der Waals surface area contributed by atoms with Crippen LogP contribution in [0.2, 0.25) is 0 Å².